The Bertz CT molecular complexity index is 219. The van der Waals surface area contributed by atoms with Crippen LogP contribution in [0.5, 0.6) is 0 Å². The maximum atomic E-state index is 10.6. The number of aliphatic carboxylic acids is 1. The summed E-state index contributed by atoms with van der Waals surface area (Å²) in [6.45, 7) is 3.77. The summed E-state index contributed by atoms with van der Waals surface area (Å²) in [6, 6.07) is 0.593. The highest BCUT2D eigenvalue weighted by atomic mass is 16.4. The maximum absolute atomic E-state index is 10.6. The second-order valence-electron chi connectivity index (χ2n) is 4.87. The number of hydrogen-bond donors (Lipinski definition) is 1. The van der Waals surface area contributed by atoms with Crippen LogP contribution in [0.15, 0.2) is 0 Å². The van der Waals surface area contributed by atoms with E-state index in [0.29, 0.717) is 6.04 Å². The zero-order valence-corrected chi connectivity index (χ0v) is 8.78. The van der Waals surface area contributed by atoms with E-state index in [2.05, 4.69) is 11.8 Å². The van der Waals surface area contributed by atoms with E-state index < -0.39 is 5.97 Å². The molecule has 1 aliphatic carbocycles. The number of hydrogen-bond acceptors (Lipinski definition) is 2. The summed E-state index contributed by atoms with van der Waals surface area (Å²) in [4.78, 5) is 12.9. The quantitative estimate of drug-likeness (QED) is 0.744. The molecule has 80 valence electrons. The van der Waals surface area contributed by atoms with Crippen molar-refractivity contribution in [1.82, 2.24) is 4.90 Å². The predicted molar refractivity (Wildman–Crippen MR) is 54.1 cm³/mol. The van der Waals surface area contributed by atoms with Gasteiger partial charge in [-0.25, -0.2) is 0 Å². The lowest BCUT2D eigenvalue weighted by atomic mass is 9.80. The molecule has 1 heterocycles. The molecule has 0 bridgehead atoms. The molecule has 0 aromatic rings. The van der Waals surface area contributed by atoms with Gasteiger partial charge in [-0.15, -0.1) is 0 Å². The Kier molecular flexibility index (Phi) is 2.77. The lowest BCUT2D eigenvalue weighted by Gasteiger charge is -2.43. The molecule has 2 rings (SSSR count). The highest BCUT2D eigenvalue weighted by Crippen LogP contribution is 2.33. The van der Waals surface area contributed by atoms with E-state index in [4.69, 9.17) is 5.11 Å². The molecule has 0 aromatic carbocycles. The Hall–Kier alpha value is -0.570. The number of likely N-dealkylation sites (tertiary alicyclic amines) is 1. The van der Waals surface area contributed by atoms with Gasteiger partial charge in [0.05, 0.1) is 5.92 Å². The molecule has 3 nitrogen and oxygen atoms in total. The summed E-state index contributed by atoms with van der Waals surface area (Å²) >= 11 is 0. The third-order valence-electron chi connectivity index (χ3n) is 3.78. The first-order valence-corrected chi connectivity index (χ1v) is 5.63. The van der Waals surface area contributed by atoms with Crippen LogP contribution >= 0.6 is 0 Å². The van der Waals surface area contributed by atoms with Crippen LogP contribution in [0.25, 0.3) is 0 Å². The van der Waals surface area contributed by atoms with Crippen LogP contribution in [0.2, 0.25) is 0 Å². The fraction of sp³-hybridized carbons (Fsp3) is 0.909. The van der Waals surface area contributed by atoms with Gasteiger partial charge < -0.3 is 5.11 Å². The third kappa shape index (κ3) is 1.92. The van der Waals surface area contributed by atoms with Crippen LogP contribution in [0.3, 0.4) is 0 Å². The van der Waals surface area contributed by atoms with Crippen molar-refractivity contribution in [2.24, 2.45) is 11.8 Å². The first kappa shape index (κ1) is 9.97. The topological polar surface area (TPSA) is 40.5 Å². The van der Waals surface area contributed by atoms with E-state index in [1.165, 1.54) is 25.7 Å². The van der Waals surface area contributed by atoms with Crippen molar-refractivity contribution in [2.45, 2.75) is 38.6 Å². The molecule has 1 unspecified atom stereocenters. The fourth-order valence-corrected chi connectivity index (χ4v) is 2.39. The summed E-state index contributed by atoms with van der Waals surface area (Å²) in [5.74, 6) is 0.199. The smallest absolute Gasteiger partial charge is 0.309 e. The number of rotatable bonds is 4. The van der Waals surface area contributed by atoms with Gasteiger partial charge in [-0.2, -0.15) is 0 Å². The molecule has 2 aliphatic rings. The molecule has 0 spiro atoms. The van der Waals surface area contributed by atoms with E-state index >= 15 is 0 Å². The van der Waals surface area contributed by atoms with Crippen molar-refractivity contribution in [2.75, 3.05) is 13.1 Å². The molecule has 1 atom stereocenters. The molecular formula is C11H19NO2. The Morgan fingerprint density at radius 2 is 2.14 bits per heavy atom. The number of nitrogens with zero attached hydrogens (tertiary/aromatic N) is 1. The molecule has 14 heavy (non-hydrogen) atoms. The van der Waals surface area contributed by atoms with Crippen LogP contribution in [0.4, 0.5) is 0 Å². The van der Waals surface area contributed by atoms with E-state index in [-0.39, 0.29) is 5.92 Å². The second kappa shape index (κ2) is 3.89. The average Bonchev–Trinajstić information content (AvgIpc) is 1.93. The minimum Gasteiger partial charge on any atom is -0.481 e. The molecule has 0 aromatic heterocycles. The second-order valence-corrected chi connectivity index (χ2v) is 4.87. The lowest BCUT2D eigenvalue weighted by Crippen LogP contribution is -2.54. The molecule has 1 N–H and O–H groups in total. The van der Waals surface area contributed by atoms with Crippen LogP contribution < -0.4 is 0 Å². The molecule has 0 radical (unpaired) electrons. The molecule has 3 heteroatoms. The SMILES string of the molecule is CC(CC1CCC1)N1CC(C(=O)O)C1. The largest absolute Gasteiger partial charge is 0.481 e. The number of carboxylic acid groups (broad SMARTS) is 1. The summed E-state index contributed by atoms with van der Waals surface area (Å²) in [6.07, 6.45) is 5.45. The molecule has 1 saturated heterocycles. The Labute approximate surface area is 85.1 Å². The van der Waals surface area contributed by atoms with Gasteiger partial charge in [0.25, 0.3) is 0 Å². The lowest BCUT2D eigenvalue weighted by molar-refractivity contribution is -0.148. The van der Waals surface area contributed by atoms with Gasteiger partial charge in [0.15, 0.2) is 0 Å². The van der Waals surface area contributed by atoms with E-state index in [1.807, 2.05) is 0 Å². The highest BCUT2D eigenvalue weighted by Gasteiger charge is 2.36. The Morgan fingerprint density at radius 3 is 2.57 bits per heavy atom. The molecule has 2 fully saturated rings. The summed E-state index contributed by atoms with van der Waals surface area (Å²) in [7, 11) is 0. The summed E-state index contributed by atoms with van der Waals surface area (Å²) in [5.41, 5.74) is 0. The zero-order valence-electron chi connectivity index (χ0n) is 8.78. The van der Waals surface area contributed by atoms with E-state index in [1.54, 1.807) is 0 Å². The van der Waals surface area contributed by atoms with Crippen molar-refractivity contribution in [3.63, 3.8) is 0 Å². The Balaban J connectivity index is 1.67. The van der Waals surface area contributed by atoms with E-state index in [0.717, 1.165) is 19.0 Å². The summed E-state index contributed by atoms with van der Waals surface area (Å²) in [5, 5.41) is 8.75. The molecule has 1 saturated carbocycles. The van der Waals surface area contributed by atoms with Gasteiger partial charge >= 0.3 is 5.97 Å². The number of carbonyl (C=O) groups is 1. The molecule has 0 amide bonds. The zero-order chi connectivity index (χ0) is 10.1. The van der Waals surface area contributed by atoms with Crippen molar-refractivity contribution in [3.8, 4) is 0 Å². The fourth-order valence-electron chi connectivity index (χ4n) is 2.39. The normalized spacial score (nSPS) is 26.6. The predicted octanol–water partition coefficient (Wildman–Crippen LogP) is 1.58. The maximum Gasteiger partial charge on any atom is 0.309 e. The van der Waals surface area contributed by atoms with Gasteiger partial charge in [-0.05, 0) is 19.3 Å². The van der Waals surface area contributed by atoms with Crippen molar-refractivity contribution in [3.05, 3.63) is 0 Å². The van der Waals surface area contributed by atoms with Crippen molar-refractivity contribution >= 4 is 5.97 Å². The highest BCUT2D eigenvalue weighted by molar-refractivity contribution is 5.71. The van der Waals surface area contributed by atoms with Crippen LogP contribution in [0.1, 0.15) is 32.6 Å². The minimum absolute atomic E-state index is 0.0983. The van der Waals surface area contributed by atoms with Crippen LogP contribution in [-0.4, -0.2) is 35.1 Å². The van der Waals surface area contributed by atoms with E-state index in [9.17, 15) is 4.79 Å². The van der Waals surface area contributed by atoms with Gasteiger partial charge in [0.2, 0.25) is 0 Å². The first-order chi connectivity index (χ1) is 6.66. The van der Waals surface area contributed by atoms with Crippen molar-refractivity contribution in [1.29, 1.82) is 0 Å². The standard InChI is InChI=1S/C11H19NO2/c1-8(5-9-3-2-4-9)12-6-10(7-12)11(13)14/h8-10H,2-7H2,1H3,(H,13,14). The van der Waals surface area contributed by atoms with Gasteiger partial charge in [0, 0.05) is 19.1 Å². The van der Waals surface area contributed by atoms with Crippen LogP contribution in [0, 0.1) is 11.8 Å². The summed E-state index contributed by atoms with van der Waals surface area (Å²) < 4.78 is 0. The minimum atomic E-state index is -0.628. The molecular weight excluding hydrogens is 178 g/mol. The number of carboxylic acids is 1. The van der Waals surface area contributed by atoms with Crippen molar-refractivity contribution < 1.29 is 9.90 Å². The van der Waals surface area contributed by atoms with Gasteiger partial charge in [-0.1, -0.05) is 19.3 Å². The Morgan fingerprint density at radius 1 is 1.50 bits per heavy atom. The van der Waals surface area contributed by atoms with Crippen LogP contribution in [-0.2, 0) is 4.79 Å². The average molecular weight is 197 g/mol. The molecule has 1 aliphatic heterocycles. The first-order valence-electron chi connectivity index (χ1n) is 5.63. The van der Waals surface area contributed by atoms with Gasteiger partial charge in [0.1, 0.15) is 0 Å². The van der Waals surface area contributed by atoms with Gasteiger partial charge in [-0.3, -0.25) is 9.69 Å². The monoisotopic (exact) mass is 197 g/mol. The third-order valence-corrected chi connectivity index (χ3v) is 3.78.